The summed E-state index contributed by atoms with van der Waals surface area (Å²) in [6, 6.07) is 5.63. The van der Waals surface area contributed by atoms with Crippen molar-refractivity contribution in [1.29, 1.82) is 0 Å². The smallest absolute Gasteiger partial charge is 0.317 e. The lowest BCUT2D eigenvalue weighted by Crippen LogP contribution is -2.36. The minimum absolute atomic E-state index is 0.134. The van der Waals surface area contributed by atoms with Crippen LogP contribution in [0.2, 0.25) is 0 Å². The summed E-state index contributed by atoms with van der Waals surface area (Å²) in [7, 11) is 1.73. The Morgan fingerprint density at radius 3 is 2.95 bits per heavy atom. The fraction of sp³-hybridized carbons (Fsp3) is 0.333. The van der Waals surface area contributed by atoms with Crippen LogP contribution >= 0.6 is 27.3 Å². The Morgan fingerprint density at radius 1 is 1.58 bits per heavy atom. The number of hydrogen-bond donors (Lipinski definition) is 1. The van der Waals surface area contributed by atoms with Gasteiger partial charge in [-0.2, -0.15) is 0 Å². The van der Waals surface area contributed by atoms with Crippen LogP contribution in [0.25, 0.3) is 0 Å². The van der Waals surface area contributed by atoms with Gasteiger partial charge in [0.1, 0.15) is 11.5 Å². The van der Waals surface area contributed by atoms with Crippen molar-refractivity contribution in [2.24, 2.45) is 0 Å². The zero-order chi connectivity index (χ0) is 13.8. The largest absolute Gasteiger partial charge is 0.361 e. The summed E-state index contributed by atoms with van der Waals surface area (Å²) in [6.07, 6.45) is 0. The van der Waals surface area contributed by atoms with Crippen molar-refractivity contribution in [2.45, 2.75) is 20.0 Å². The van der Waals surface area contributed by atoms with Gasteiger partial charge in [0.25, 0.3) is 0 Å². The first-order chi connectivity index (χ1) is 9.04. The van der Waals surface area contributed by atoms with E-state index < -0.39 is 0 Å². The molecular weight excluding hydrogens is 330 g/mol. The number of urea groups is 1. The molecule has 2 aromatic heterocycles. The van der Waals surface area contributed by atoms with Crippen molar-refractivity contribution in [3.63, 3.8) is 0 Å². The van der Waals surface area contributed by atoms with Crippen LogP contribution in [0.3, 0.4) is 0 Å². The van der Waals surface area contributed by atoms with E-state index in [0.29, 0.717) is 13.1 Å². The zero-order valence-electron chi connectivity index (χ0n) is 10.6. The summed E-state index contributed by atoms with van der Waals surface area (Å²) in [4.78, 5) is 14.6. The van der Waals surface area contributed by atoms with E-state index in [1.54, 1.807) is 23.3 Å². The summed E-state index contributed by atoms with van der Waals surface area (Å²) < 4.78 is 6.02. The first kappa shape index (κ1) is 14.1. The maximum absolute atomic E-state index is 11.9. The van der Waals surface area contributed by atoms with E-state index in [1.807, 2.05) is 25.1 Å². The van der Waals surface area contributed by atoms with E-state index in [4.69, 9.17) is 4.52 Å². The van der Waals surface area contributed by atoms with Crippen molar-refractivity contribution in [3.8, 4) is 0 Å². The third kappa shape index (κ3) is 4.07. The molecule has 0 aliphatic rings. The third-order valence-electron chi connectivity index (χ3n) is 2.47. The van der Waals surface area contributed by atoms with E-state index in [0.717, 1.165) is 20.1 Å². The number of rotatable bonds is 4. The number of carbonyl (C=O) groups is 1. The number of aryl methyl sites for hydroxylation is 1. The van der Waals surface area contributed by atoms with Crippen molar-refractivity contribution in [1.82, 2.24) is 15.4 Å². The van der Waals surface area contributed by atoms with Crippen LogP contribution in [0.15, 0.2) is 26.5 Å². The van der Waals surface area contributed by atoms with Gasteiger partial charge in [0.15, 0.2) is 0 Å². The van der Waals surface area contributed by atoms with Crippen LogP contribution in [0.4, 0.5) is 4.79 Å². The summed E-state index contributed by atoms with van der Waals surface area (Å²) in [5, 5.41) is 6.72. The van der Waals surface area contributed by atoms with Gasteiger partial charge in [-0.25, -0.2) is 4.79 Å². The first-order valence-electron chi connectivity index (χ1n) is 5.70. The average molecular weight is 344 g/mol. The van der Waals surface area contributed by atoms with Crippen molar-refractivity contribution < 1.29 is 9.32 Å². The maximum Gasteiger partial charge on any atom is 0.317 e. The van der Waals surface area contributed by atoms with Crippen LogP contribution in [0.5, 0.6) is 0 Å². The summed E-state index contributed by atoms with van der Waals surface area (Å²) >= 11 is 5.00. The van der Waals surface area contributed by atoms with E-state index in [2.05, 4.69) is 26.4 Å². The van der Waals surface area contributed by atoms with Crippen molar-refractivity contribution >= 4 is 33.3 Å². The SMILES string of the molecule is Cc1cc(CN(C)C(=O)NCc2ccc(Br)s2)no1. The molecule has 0 aliphatic heterocycles. The third-order valence-corrected chi connectivity index (χ3v) is 4.09. The number of hydrogen-bond acceptors (Lipinski definition) is 4. The van der Waals surface area contributed by atoms with Gasteiger partial charge in [0, 0.05) is 18.0 Å². The standard InChI is InChI=1S/C12H14BrN3O2S/c1-8-5-9(15-18-8)7-16(2)12(17)14-6-10-3-4-11(13)19-10/h3-5H,6-7H2,1-2H3,(H,14,17). The van der Waals surface area contributed by atoms with Crippen LogP contribution in [-0.2, 0) is 13.1 Å². The molecule has 19 heavy (non-hydrogen) atoms. The van der Waals surface area contributed by atoms with Gasteiger partial charge in [-0.05, 0) is 35.0 Å². The highest BCUT2D eigenvalue weighted by Crippen LogP contribution is 2.21. The number of amides is 2. The molecule has 0 aromatic carbocycles. The molecule has 0 saturated carbocycles. The molecule has 2 heterocycles. The van der Waals surface area contributed by atoms with Gasteiger partial charge < -0.3 is 14.7 Å². The molecule has 1 N–H and O–H groups in total. The second-order valence-corrected chi connectivity index (χ2v) is 6.70. The molecule has 0 radical (unpaired) electrons. The second kappa shape index (κ2) is 6.21. The van der Waals surface area contributed by atoms with E-state index in [9.17, 15) is 4.79 Å². The highest BCUT2D eigenvalue weighted by Gasteiger charge is 2.11. The molecule has 2 amide bonds. The molecule has 0 aliphatic carbocycles. The Labute approximate surface area is 123 Å². The Hall–Kier alpha value is -1.34. The molecule has 0 spiro atoms. The lowest BCUT2D eigenvalue weighted by atomic mass is 10.3. The van der Waals surface area contributed by atoms with Gasteiger partial charge in [-0.1, -0.05) is 5.16 Å². The van der Waals surface area contributed by atoms with Gasteiger partial charge in [-0.15, -0.1) is 11.3 Å². The molecule has 7 heteroatoms. The van der Waals surface area contributed by atoms with Gasteiger partial charge >= 0.3 is 6.03 Å². The van der Waals surface area contributed by atoms with Crippen LogP contribution in [0, 0.1) is 6.92 Å². The van der Waals surface area contributed by atoms with Crippen LogP contribution in [0.1, 0.15) is 16.3 Å². The molecular formula is C12H14BrN3O2S. The molecule has 0 fully saturated rings. The number of thiophene rings is 1. The Kier molecular flexibility index (Phi) is 4.60. The fourth-order valence-corrected chi connectivity index (χ4v) is 2.97. The number of nitrogens with zero attached hydrogens (tertiary/aromatic N) is 2. The predicted octanol–water partition coefficient (Wildman–Crippen LogP) is 3.15. The molecule has 102 valence electrons. The maximum atomic E-state index is 11.9. The quantitative estimate of drug-likeness (QED) is 0.927. The Morgan fingerprint density at radius 2 is 2.37 bits per heavy atom. The lowest BCUT2D eigenvalue weighted by Gasteiger charge is -2.16. The van der Waals surface area contributed by atoms with Gasteiger partial charge in [0.2, 0.25) is 0 Å². The fourth-order valence-electron chi connectivity index (χ4n) is 1.55. The summed E-state index contributed by atoms with van der Waals surface area (Å²) in [5.41, 5.74) is 0.744. The summed E-state index contributed by atoms with van der Waals surface area (Å²) in [5.74, 6) is 0.743. The molecule has 0 saturated heterocycles. The predicted molar refractivity (Wildman–Crippen MR) is 77.0 cm³/mol. The first-order valence-corrected chi connectivity index (χ1v) is 7.31. The average Bonchev–Trinajstić information content (AvgIpc) is 2.95. The highest BCUT2D eigenvalue weighted by molar-refractivity contribution is 9.11. The topological polar surface area (TPSA) is 58.4 Å². The minimum Gasteiger partial charge on any atom is -0.361 e. The highest BCUT2D eigenvalue weighted by atomic mass is 79.9. The molecule has 5 nitrogen and oxygen atoms in total. The normalized spacial score (nSPS) is 10.5. The molecule has 2 aromatic rings. The molecule has 0 unspecified atom stereocenters. The molecule has 0 atom stereocenters. The molecule has 0 bridgehead atoms. The van der Waals surface area contributed by atoms with E-state index >= 15 is 0 Å². The van der Waals surface area contributed by atoms with Crippen molar-refractivity contribution in [3.05, 3.63) is 38.3 Å². The van der Waals surface area contributed by atoms with Crippen LogP contribution < -0.4 is 5.32 Å². The second-order valence-electron chi connectivity index (χ2n) is 4.15. The van der Waals surface area contributed by atoms with E-state index in [1.165, 1.54) is 0 Å². The van der Waals surface area contributed by atoms with Crippen molar-refractivity contribution in [2.75, 3.05) is 7.05 Å². The Balaban J connectivity index is 1.82. The zero-order valence-corrected chi connectivity index (χ0v) is 13.0. The van der Waals surface area contributed by atoms with Gasteiger partial charge in [-0.3, -0.25) is 0 Å². The summed E-state index contributed by atoms with van der Waals surface area (Å²) in [6.45, 7) is 2.78. The number of carbonyl (C=O) groups excluding carboxylic acids is 1. The van der Waals surface area contributed by atoms with Gasteiger partial charge in [0.05, 0.1) is 16.9 Å². The van der Waals surface area contributed by atoms with E-state index in [-0.39, 0.29) is 6.03 Å². The minimum atomic E-state index is -0.134. The van der Waals surface area contributed by atoms with Crippen LogP contribution in [-0.4, -0.2) is 23.1 Å². The number of aromatic nitrogens is 1. The monoisotopic (exact) mass is 343 g/mol. The Bertz CT molecular complexity index is 567. The lowest BCUT2D eigenvalue weighted by molar-refractivity contribution is 0.205. The number of nitrogens with one attached hydrogen (secondary N) is 1. The molecule has 2 rings (SSSR count). The number of halogens is 1.